The number of Topliss-reactive ketones (excluding diaryl/α,β-unsaturated/α-hetero) is 1. The van der Waals surface area contributed by atoms with Gasteiger partial charge in [-0.15, -0.1) is 11.8 Å². The van der Waals surface area contributed by atoms with Crippen molar-refractivity contribution in [3.8, 4) is 0 Å². The molecule has 2 aromatic carbocycles. The van der Waals surface area contributed by atoms with Crippen LogP contribution in [0.5, 0.6) is 0 Å². The maximum atomic E-state index is 12.6. The van der Waals surface area contributed by atoms with Crippen LogP contribution in [0, 0.1) is 10.1 Å². The van der Waals surface area contributed by atoms with E-state index in [1.54, 1.807) is 6.07 Å². The van der Waals surface area contributed by atoms with E-state index in [1.165, 1.54) is 42.5 Å². The smallest absolute Gasteiger partial charge is 0.293 e. The van der Waals surface area contributed by atoms with Gasteiger partial charge in [-0.2, -0.15) is 0 Å². The van der Waals surface area contributed by atoms with Gasteiger partial charge in [-0.25, -0.2) is 0 Å². The summed E-state index contributed by atoms with van der Waals surface area (Å²) in [6, 6.07) is 10.5. The third-order valence-corrected chi connectivity index (χ3v) is 6.37. The molecule has 1 aliphatic rings. The highest BCUT2D eigenvalue weighted by Crippen LogP contribution is 2.35. The summed E-state index contributed by atoms with van der Waals surface area (Å²) >= 11 is 7.61. The number of aliphatic hydroxyl groups is 1. The van der Waals surface area contributed by atoms with E-state index in [1.807, 2.05) is 0 Å². The van der Waals surface area contributed by atoms with E-state index in [4.69, 9.17) is 16.7 Å². The molecule has 0 spiro atoms. The molecule has 3 rings (SSSR count). The second-order valence-corrected chi connectivity index (χ2v) is 8.82. The van der Waals surface area contributed by atoms with Gasteiger partial charge in [0.25, 0.3) is 16.8 Å². The van der Waals surface area contributed by atoms with Crippen LogP contribution in [0.4, 0.5) is 10.5 Å². The molecule has 2 amide bonds. The summed E-state index contributed by atoms with van der Waals surface area (Å²) in [7, 11) is 0. The zero-order valence-electron chi connectivity index (χ0n) is 15.8. The minimum absolute atomic E-state index is 0.0685. The van der Waals surface area contributed by atoms with E-state index in [9.17, 15) is 24.5 Å². The van der Waals surface area contributed by atoms with Crippen LogP contribution in [0.3, 0.4) is 0 Å². The van der Waals surface area contributed by atoms with Crippen LogP contribution in [-0.4, -0.2) is 50.8 Å². The first-order chi connectivity index (χ1) is 14.8. The average Bonchev–Trinajstić information content (AvgIpc) is 3.00. The van der Waals surface area contributed by atoms with E-state index >= 15 is 0 Å². The molecule has 8 nitrogen and oxygen atoms in total. The topological polar surface area (TPSA) is 118 Å². The lowest BCUT2D eigenvalue weighted by Crippen LogP contribution is -2.33. The monoisotopic (exact) mass is 478 g/mol. The molecule has 0 aromatic heterocycles. The Labute approximate surface area is 190 Å². The van der Waals surface area contributed by atoms with Crippen molar-refractivity contribution in [2.75, 3.05) is 18.9 Å². The molecule has 2 aromatic rings. The fourth-order valence-corrected chi connectivity index (χ4v) is 4.42. The van der Waals surface area contributed by atoms with Crippen molar-refractivity contribution < 1.29 is 24.4 Å². The summed E-state index contributed by atoms with van der Waals surface area (Å²) < 4.78 is 0. The van der Waals surface area contributed by atoms with Crippen molar-refractivity contribution in [3.05, 3.63) is 73.6 Å². The first kappa shape index (κ1) is 23.0. The zero-order valence-corrected chi connectivity index (χ0v) is 18.2. The average molecular weight is 479 g/mol. The minimum atomic E-state index is -0.640. The molecule has 1 fully saturated rings. The van der Waals surface area contributed by atoms with Crippen LogP contribution >= 0.6 is 35.1 Å². The number of amides is 2. The third kappa shape index (κ3) is 5.53. The Hall–Kier alpha value is -2.66. The van der Waals surface area contributed by atoms with E-state index in [-0.39, 0.29) is 17.2 Å². The van der Waals surface area contributed by atoms with E-state index in [0.717, 1.165) is 16.7 Å². The number of hydrogen-bond acceptors (Lipinski definition) is 8. The number of carbonyl (C=O) groups excluding carboxylic acids is 3. The zero-order chi connectivity index (χ0) is 22.5. The van der Waals surface area contributed by atoms with Crippen molar-refractivity contribution in [3.63, 3.8) is 0 Å². The number of hydrogen-bond donors (Lipinski definition) is 1. The van der Waals surface area contributed by atoms with Gasteiger partial charge in [-0.3, -0.25) is 29.4 Å². The van der Waals surface area contributed by atoms with E-state index < -0.39 is 28.4 Å². The number of rotatable bonds is 8. The molecule has 0 unspecified atom stereocenters. The molecule has 1 N–H and O–H groups in total. The van der Waals surface area contributed by atoms with Crippen LogP contribution in [0.25, 0.3) is 6.08 Å². The van der Waals surface area contributed by atoms with E-state index in [2.05, 4.69) is 0 Å². The number of ketones is 1. The number of nitrogens with zero attached hydrogens (tertiary/aromatic N) is 2. The van der Waals surface area contributed by atoms with Crippen LogP contribution in [-0.2, 0) is 4.79 Å². The molecule has 1 aliphatic heterocycles. The molecule has 11 heteroatoms. The first-order valence-electron chi connectivity index (χ1n) is 8.86. The van der Waals surface area contributed by atoms with Gasteiger partial charge in [0.2, 0.25) is 0 Å². The van der Waals surface area contributed by atoms with Gasteiger partial charge < -0.3 is 5.11 Å². The summed E-state index contributed by atoms with van der Waals surface area (Å²) in [4.78, 5) is 49.4. The Balaban J connectivity index is 1.79. The lowest BCUT2D eigenvalue weighted by atomic mass is 10.1. The Morgan fingerprint density at radius 1 is 1.23 bits per heavy atom. The molecule has 0 atom stereocenters. The largest absolute Gasteiger partial charge is 0.396 e. The fraction of sp³-hybridized carbons (Fsp3) is 0.150. The fourth-order valence-electron chi connectivity index (χ4n) is 2.70. The SMILES string of the molecule is O=C(CN1C(=O)S/C(=C\c2ccc(SCCO)c([N+](=O)[O-])c2)C1=O)c1ccc(Cl)cc1. The molecular formula is C20H15ClN2O6S2. The van der Waals surface area contributed by atoms with Crippen LogP contribution in [0.1, 0.15) is 15.9 Å². The van der Waals surface area contributed by atoms with Crippen molar-refractivity contribution in [2.45, 2.75) is 4.90 Å². The number of aliphatic hydroxyl groups excluding tert-OH is 1. The standard InChI is InChI=1S/C20H15ClN2O6S2/c21-14-4-2-13(3-5-14)16(25)11-22-19(26)18(31-20(22)27)10-12-1-6-17(30-8-7-24)15(9-12)23(28)29/h1-6,9-10,24H,7-8,11H2/b18-10-. The number of halogens is 1. The van der Waals surface area contributed by atoms with Crippen molar-refractivity contribution in [1.82, 2.24) is 4.90 Å². The summed E-state index contributed by atoms with van der Waals surface area (Å²) in [6.07, 6.45) is 1.38. The second kappa shape index (κ2) is 10.1. The number of nitro benzene ring substituents is 1. The van der Waals surface area contributed by atoms with Gasteiger partial charge in [-0.05, 0) is 53.7 Å². The summed E-state index contributed by atoms with van der Waals surface area (Å²) in [6.45, 7) is -0.536. The normalized spacial score (nSPS) is 15.0. The number of thioether (sulfide) groups is 2. The molecule has 0 aliphatic carbocycles. The number of benzene rings is 2. The first-order valence-corrected chi connectivity index (χ1v) is 11.0. The van der Waals surface area contributed by atoms with Gasteiger partial charge in [0.1, 0.15) is 0 Å². The predicted molar refractivity (Wildman–Crippen MR) is 119 cm³/mol. The Morgan fingerprint density at radius 2 is 1.94 bits per heavy atom. The molecule has 31 heavy (non-hydrogen) atoms. The lowest BCUT2D eigenvalue weighted by molar-refractivity contribution is -0.387. The second-order valence-electron chi connectivity index (χ2n) is 6.25. The molecule has 0 bridgehead atoms. The van der Waals surface area contributed by atoms with Gasteiger partial charge in [0.15, 0.2) is 5.78 Å². The Morgan fingerprint density at radius 3 is 2.58 bits per heavy atom. The van der Waals surface area contributed by atoms with Gasteiger partial charge in [0, 0.05) is 22.4 Å². The van der Waals surface area contributed by atoms with E-state index in [0.29, 0.717) is 38.6 Å². The Bertz CT molecular complexity index is 1090. The van der Waals surface area contributed by atoms with Crippen molar-refractivity contribution in [1.29, 1.82) is 0 Å². The molecule has 1 saturated heterocycles. The predicted octanol–water partition coefficient (Wildman–Crippen LogP) is 4.25. The number of imide groups is 1. The Kier molecular flexibility index (Phi) is 7.50. The molecule has 160 valence electrons. The maximum absolute atomic E-state index is 12.6. The highest BCUT2D eigenvalue weighted by atomic mass is 35.5. The highest BCUT2D eigenvalue weighted by Gasteiger charge is 2.36. The lowest BCUT2D eigenvalue weighted by Gasteiger charge is -2.11. The minimum Gasteiger partial charge on any atom is -0.396 e. The summed E-state index contributed by atoms with van der Waals surface area (Å²) in [5, 5.41) is 20.1. The van der Waals surface area contributed by atoms with Crippen LogP contribution in [0.15, 0.2) is 52.3 Å². The van der Waals surface area contributed by atoms with Crippen LogP contribution in [0.2, 0.25) is 5.02 Å². The van der Waals surface area contributed by atoms with Crippen molar-refractivity contribution in [2.24, 2.45) is 0 Å². The molecule has 0 radical (unpaired) electrons. The van der Waals surface area contributed by atoms with Gasteiger partial charge in [-0.1, -0.05) is 17.7 Å². The summed E-state index contributed by atoms with van der Waals surface area (Å²) in [5.74, 6) is -0.749. The molecule has 0 saturated carbocycles. The third-order valence-electron chi connectivity index (χ3n) is 4.17. The molecular weight excluding hydrogens is 464 g/mol. The van der Waals surface area contributed by atoms with Gasteiger partial charge in [0.05, 0.1) is 27.9 Å². The number of carbonyl (C=O) groups is 3. The quantitative estimate of drug-likeness (QED) is 0.197. The van der Waals surface area contributed by atoms with Crippen molar-refractivity contribution >= 4 is 63.8 Å². The maximum Gasteiger partial charge on any atom is 0.293 e. The number of nitro groups is 1. The molecule has 1 heterocycles. The highest BCUT2D eigenvalue weighted by molar-refractivity contribution is 8.18. The summed E-state index contributed by atoms with van der Waals surface area (Å²) in [5.41, 5.74) is 0.526. The van der Waals surface area contributed by atoms with Crippen LogP contribution < -0.4 is 0 Å². The van der Waals surface area contributed by atoms with Gasteiger partial charge >= 0.3 is 0 Å².